The minimum absolute atomic E-state index is 0.302. The number of ether oxygens (including phenoxy) is 2. The normalized spacial score (nSPS) is 11.0. The van der Waals surface area contributed by atoms with E-state index in [-0.39, 0.29) is 0 Å². The zero-order valence-electron chi connectivity index (χ0n) is 10.1. The Bertz CT molecular complexity index is 550. The van der Waals surface area contributed by atoms with Crippen molar-refractivity contribution in [2.45, 2.75) is 6.73 Å². The summed E-state index contributed by atoms with van der Waals surface area (Å²) in [6.07, 6.45) is 0.774. The lowest BCUT2D eigenvalue weighted by atomic mass is 10.2. The van der Waals surface area contributed by atoms with Gasteiger partial charge in [0.15, 0.2) is 6.29 Å². The first-order chi connectivity index (χ1) is 8.79. The van der Waals surface area contributed by atoms with E-state index in [1.54, 1.807) is 11.7 Å². The lowest BCUT2D eigenvalue weighted by Crippen LogP contribution is -2.07. The average Bonchev–Trinajstić information content (AvgIpc) is 2.67. The molecule has 0 radical (unpaired) electrons. The molecule has 0 spiro atoms. The largest absolute Gasteiger partial charge is 0.382 e. The fourth-order valence-electron chi connectivity index (χ4n) is 1.84. The van der Waals surface area contributed by atoms with Gasteiger partial charge >= 0.3 is 0 Å². The number of aldehydes is 1. The Hall–Kier alpha value is -1.36. The Morgan fingerprint density at radius 1 is 1.33 bits per heavy atom. The van der Waals surface area contributed by atoms with Gasteiger partial charge in [-0.1, -0.05) is 29.8 Å². The molecule has 0 atom stereocenters. The number of hydrogen-bond acceptors (Lipinski definition) is 3. The van der Waals surface area contributed by atoms with Crippen LogP contribution in [0.1, 0.15) is 10.4 Å². The van der Waals surface area contributed by atoms with Crippen LogP contribution in [-0.2, 0) is 16.2 Å². The van der Waals surface area contributed by atoms with Gasteiger partial charge in [-0.15, -0.1) is 0 Å². The Morgan fingerprint density at radius 2 is 2.11 bits per heavy atom. The summed E-state index contributed by atoms with van der Waals surface area (Å²) in [5.74, 6) is 0. The predicted molar refractivity (Wildman–Crippen MR) is 70.2 cm³/mol. The molecule has 0 unspecified atom stereocenters. The van der Waals surface area contributed by atoms with Crippen LogP contribution < -0.4 is 0 Å². The number of aromatic nitrogens is 1. The zero-order chi connectivity index (χ0) is 13.0. The lowest BCUT2D eigenvalue weighted by molar-refractivity contribution is 0.0361. The highest BCUT2D eigenvalue weighted by atomic mass is 35.5. The highest BCUT2D eigenvalue weighted by molar-refractivity contribution is 6.34. The van der Waals surface area contributed by atoms with Gasteiger partial charge in [-0.25, -0.2) is 0 Å². The lowest BCUT2D eigenvalue weighted by Gasteiger charge is -2.07. The highest BCUT2D eigenvalue weighted by Crippen LogP contribution is 2.28. The molecular formula is C13H14ClNO3. The Labute approximate surface area is 110 Å². The van der Waals surface area contributed by atoms with E-state index in [0.717, 1.165) is 17.2 Å². The monoisotopic (exact) mass is 267 g/mol. The van der Waals surface area contributed by atoms with E-state index in [1.165, 1.54) is 0 Å². The number of benzene rings is 1. The van der Waals surface area contributed by atoms with E-state index >= 15 is 0 Å². The van der Waals surface area contributed by atoms with Gasteiger partial charge in [-0.2, -0.15) is 0 Å². The molecule has 0 aliphatic heterocycles. The maximum absolute atomic E-state index is 11.1. The molecule has 1 aromatic heterocycles. The standard InChI is InChI=1S/C13H14ClNO3/c1-17-6-7-18-9-15-12-5-3-2-4-10(12)11(8-16)13(15)14/h2-5,8H,6-7,9H2,1H3. The van der Waals surface area contributed by atoms with Crippen molar-refractivity contribution < 1.29 is 14.3 Å². The van der Waals surface area contributed by atoms with Gasteiger partial charge in [0, 0.05) is 12.5 Å². The summed E-state index contributed by atoms with van der Waals surface area (Å²) in [5.41, 5.74) is 1.39. The molecule has 2 aromatic rings. The van der Waals surface area contributed by atoms with E-state index in [2.05, 4.69) is 0 Å². The van der Waals surface area contributed by atoms with E-state index in [0.29, 0.717) is 30.7 Å². The Morgan fingerprint density at radius 3 is 2.83 bits per heavy atom. The first-order valence-corrected chi connectivity index (χ1v) is 5.96. The van der Waals surface area contributed by atoms with Gasteiger partial charge < -0.3 is 14.0 Å². The molecule has 2 rings (SSSR count). The summed E-state index contributed by atoms with van der Waals surface area (Å²) < 4.78 is 12.1. The third kappa shape index (κ3) is 2.41. The van der Waals surface area contributed by atoms with Crippen molar-refractivity contribution in [1.82, 2.24) is 4.57 Å². The molecule has 0 aliphatic carbocycles. The van der Waals surface area contributed by atoms with Crippen LogP contribution in [0.15, 0.2) is 24.3 Å². The zero-order valence-corrected chi connectivity index (χ0v) is 10.8. The maximum atomic E-state index is 11.1. The van der Waals surface area contributed by atoms with Crippen LogP contribution in [0.2, 0.25) is 5.15 Å². The van der Waals surface area contributed by atoms with E-state index in [4.69, 9.17) is 21.1 Å². The number of methoxy groups -OCH3 is 1. The maximum Gasteiger partial charge on any atom is 0.153 e. The number of rotatable bonds is 6. The van der Waals surface area contributed by atoms with E-state index < -0.39 is 0 Å². The second kappa shape index (κ2) is 6.00. The topological polar surface area (TPSA) is 40.5 Å². The number of carbonyl (C=O) groups is 1. The van der Waals surface area contributed by atoms with Crippen LogP contribution in [0, 0.1) is 0 Å². The van der Waals surface area contributed by atoms with Crippen molar-refractivity contribution in [2.24, 2.45) is 0 Å². The molecule has 0 N–H and O–H groups in total. The summed E-state index contributed by atoms with van der Waals surface area (Å²) in [6.45, 7) is 1.31. The number of hydrogen-bond donors (Lipinski definition) is 0. The highest BCUT2D eigenvalue weighted by Gasteiger charge is 2.14. The third-order valence-electron chi connectivity index (χ3n) is 2.71. The van der Waals surface area contributed by atoms with Crippen molar-refractivity contribution in [1.29, 1.82) is 0 Å². The van der Waals surface area contributed by atoms with E-state index in [9.17, 15) is 4.79 Å². The van der Waals surface area contributed by atoms with Gasteiger partial charge in [0.05, 0.1) is 24.3 Å². The van der Waals surface area contributed by atoms with Gasteiger partial charge in [0.2, 0.25) is 0 Å². The summed E-state index contributed by atoms with van der Waals surface area (Å²) in [6, 6.07) is 7.56. The van der Waals surface area contributed by atoms with Gasteiger partial charge in [-0.05, 0) is 6.07 Å². The van der Waals surface area contributed by atoms with Crippen molar-refractivity contribution in [3.8, 4) is 0 Å². The molecule has 0 fully saturated rings. The molecule has 0 amide bonds. The minimum atomic E-state index is 0.302. The summed E-state index contributed by atoms with van der Waals surface area (Å²) in [7, 11) is 1.62. The van der Waals surface area contributed by atoms with Crippen LogP contribution in [0.5, 0.6) is 0 Å². The van der Waals surface area contributed by atoms with Crippen molar-refractivity contribution in [3.63, 3.8) is 0 Å². The van der Waals surface area contributed by atoms with Crippen molar-refractivity contribution >= 4 is 28.8 Å². The predicted octanol–water partition coefficient (Wildman–Crippen LogP) is 2.73. The molecular weight excluding hydrogens is 254 g/mol. The van der Waals surface area contributed by atoms with Gasteiger partial charge in [0.25, 0.3) is 0 Å². The third-order valence-corrected chi connectivity index (χ3v) is 3.12. The van der Waals surface area contributed by atoms with Crippen molar-refractivity contribution in [3.05, 3.63) is 35.0 Å². The van der Waals surface area contributed by atoms with Crippen LogP contribution in [0.3, 0.4) is 0 Å². The smallest absolute Gasteiger partial charge is 0.153 e. The Kier molecular flexibility index (Phi) is 4.36. The Balaban J connectivity index is 2.31. The molecule has 0 saturated heterocycles. The molecule has 1 aromatic carbocycles. The first kappa shape index (κ1) is 13.1. The summed E-state index contributed by atoms with van der Waals surface area (Å²) >= 11 is 6.19. The number of halogens is 1. The number of nitrogens with zero attached hydrogens (tertiary/aromatic N) is 1. The molecule has 5 heteroatoms. The van der Waals surface area contributed by atoms with Crippen LogP contribution in [0.4, 0.5) is 0 Å². The molecule has 1 heterocycles. The van der Waals surface area contributed by atoms with Crippen LogP contribution >= 0.6 is 11.6 Å². The first-order valence-electron chi connectivity index (χ1n) is 5.58. The number of fused-ring (bicyclic) bond motifs is 1. The molecule has 96 valence electrons. The van der Waals surface area contributed by atoms with Gasteiger partial charge in [-0.3, -0.25) is 4.79 Å². The SMILES string of the molecule is COCCOCn1c(Cl)c(C=O)c2ccccc21. The molecule has 0 aliphatic rings. The molecule has 0 saturated carbocycles. The molecule has 0 bridgehead atoms. The molecule has 4 nitrogen and oxygen atoms in total. The second-order valence-corrected chi connectivity index (χ2v) is 4.16. The summed E-state index contributed by atoms with van der Waals surface area (Å²) in [4.78, 5) is 11.1. The number of carbonyl (C=O) groups excluding carboxylic acids is 1. The number of para-hydroxylation sites is 1. The fourth-order valence-corrected chi connectivity index (χ4v) is 2.12. The minimum Gasteiger partial charge on any atom is -0.382 e. The average molecular weight is 268 g/mol. The van der Waals surface area contributed by atoms with E-state index in [1.807, 2.05) is 24.3 Å². The van der Waals surface area contributed by atoms with Crippen LogP contribution in [0.25, 0.3) is 10.9 Å². The van der Waals surface area contributed by atoms with Crippen molar-refractivity contribution in [2.75, 3.05) is 20.3 Å². The fraction of sp³-hybridized carbons (Fsp3) is 0.308. The van der Waals surface area contributed by atoms with Gasteiger partial charge in [0.1, 0.15) is 11.9 Å². The molecule has 18 heavy (non-hydrogen) atoms. The summed E-state index contributed by atoms with van der Waals surface area (Å²) in [5, 5.41) is 1.25. The second-order valence-electron chi connectivity index (χ2n) is 3.80. The quantitative estimate of drug-likeness (QED) is 0.597. The van der Waals surface area contributed by atoms with Crippen LogP contribution in [-0.4, -0.2) is 31.2 Å².